The first kappa shape index (κ1) is 11.5. The van der Waals surface area contributed by atoms with E-state index in [0.29, 0.717) is 0 Å². The average molecular weight is 214 g/mol. The van der Waals surface area contributed by atoms with Crippen molar-refractivity contribution in [2.45, 2.75) is 6.04 Å². The van der Waals surface area contributed by atoms with E-state index < -0.39 is 31.0 Å². The van der Waals surface area contributed by atoms with Gasteiger partial charge in [0.1, 0.15) is 0 Å². The normalized spacial score (nSPS) is 10.4. The molecule has 0 saturated heterocycles. The standard InChI is InChI=1S/C9H11FN2O3/c10-8-3-11-2-1-7(8)9(15)12-6(4-13)5-14/h1-3,6,13-14H,4-5H2,(H,12,15). The van der Waals surface area contributed by atoms with Crippen molar-refractivity contribution in [3.63, 3.8) is 0 Å². The fraction of sp³-hybridized carbons (Fsp3) is 0.333. The lowest BCUT2D eigenvalue weighted by molar-refractivity contribution is 0.0875. The lowest BCUT2D eigenvalue weighted by Crippen LogP contribution is -2.40. The largest absolute Gasteiger partial charge is 0.394 e. The first-order valence-corrected chi connectivity index (χ1v) is 4.31. The molecule has 82 valence electrons. The number of carbonyl (C=O) groups excluding carboxylic acids is 1. The molecule has 0 radical (unpaired) electrons. The van der Waals surface area contributed by atoms with Crippen LogP contribution in [0.2, 0.25) is 0 Å². The van der Waals surface area contributed by atoms with Crippen molar-refractivity contribution >= 4 is 5.91 Å². The zero-order valence-electron chi connectivity index (χ0n) is 7.85. The molecule has 1 aromatic heterocycles. The summed E-state index contributed by atoms with van der Waals surface area (Å²) in [4.78, 5) is 14.9. The Balaban J connectivity index is 2.73. The van der Waals surface area contributed by atoms with Gasteiger partial charge < -0.3 is 15.5 Å². The maximum atomic E-state index is 13.1. The summed E-state index contributed by atoms with van der Waals surface area (Å²) in [5.41, 5.74) is -0.170. The number of hydrogen-bond acceptors (Lipinski definition) is 4. The van der Waals surface area contributed by atoms with E-state index in [-0.39, 0.29) is 5.56 Å². The molecule has 1 amide bonds. The third-order valence-electron chi connectivity index (χ3n) is 1.79. The number of amides is 1. The van der Waals surface area contributed by atoms with Gasteiger partial charge in [-0.25, -0.2) is 4.39 Å². The molecule has 3 N–H and O–H groups in total. The molecule has 1 heterocycles. The zero-order chi connectivity index (χ0) is 11.3. The van der Waals surface area contributed by atoms with Crippen molar-refractivity contribution in [2.75, 3.05) is 13.2 Å². The van der Waals surface area contributed by atoms with E-state index in [9.17, 15) is 9.18 Å². The van der Waals surface area contributed by atoms with E-state index in [0.717, 1.165) is 6.20 Å². The Labute approximate surface area is 85.6 Å². The fourth-order valence-electron chi connectivity index (χ4n) is 0.972. The van der Waals surface area contributed by atoms with Gasteiger partial charge in [0, 0.05) is 6.20 Å². The Bertz CT molecular complexity index is 342. The molecule has 0 aromatic carbocycles. The van der Waals surface area contributed by atoms with Crippen LogP contribution < -0.4 is 5.32 Å². The van der Waals surface area contributed by atoms with Crippen molar-refractivity contribution < 1.29 is 19.4 Å². The number of aromatic nitrogens is 1. The first-order valence-electron chi connectivity index (χ1n) is 4.31. The van der Waals surface area contributed by atoms with E-state index in [1.54, 1.807) is 0 Å². The van der Waals surface area contributed by atoms with Gasteiger partial charge in [-0.3, -0.25) is 9.78 Å². The van der Waals surface area contributed by atoms with Gasteiger partial charge in [0.2, 0.25) is 0 Å². The highest BCUT2D eigenvalue weighted by molar-refractivity contribution is 5.94. The second-order valence-electron chi connectivity index (χ2n) is 2.89. The van der Waals surface area contributed by atoms with Crippen LogP contribution >= 0.6 is 0 Å². The number of aliphatic hydroxyl groups excluding tert-OH is 2. The molecule has 0 aliphatic rings. The highest BCUT2D eigenvalue weighted by Crippen LogP contribution is 2.04. The predicted molar refractivity (Wildman–Crippen MR) is 49.6 cm³/mol. The molecular weight excluding hydrogens is 203 g/mol. The number of carbonyl (C=O) groups is 1. The maximum absolute atomic E-state index is 13.1. The molecular formula is C9H11FN2O3. The Morgan fingerprint density at radius 2 is 2.20 bits per heavy atom. The van der Waals surface area contributed by atoms with E-state index in [4.69, 9.17) is 10.2 Å². The second kappa shape index (κ2) is 5.38. The minimum atomic E-state index is -0.787. The van der Waals surface area contributed by atoms with Gasteiger partial charge in [-0.05, 0) is 6.07 Å². The first-order chi connectivity index (χ1) is 7.19. The Kier molecular flexibility index (Phi) is 4.14. The van der Waals surface area contributed by atoms with Gasteiger partial charge in [0.05, 0.1) is 31.0 Å². The van der Waals surface area contributed by atoms with Crippen LogP contribution in [0, 0.1) is 5.82 Å². The molecule has 0 aliphatic heterocycles. The number of aliphatic hydroxyl groups is 2. The minimum Gasteiger partial charge on any atom is -0.394 e. The van der Waals surface area contributed by atoms with Crippen LogP contribution in [0.4, 0.5) is 4.39 Å². The van der Waals surface area contributed by atoms with Crippen LogP contribution in [0.15, 0.2) is 18.5 Å². The van der Waals surface area contributed by atoms with Crippen LogP contribution in [0.3, 0.4) is 0 Å². The molecule has 0 aliphatic carbocycles. The molecule has 0 fully saturated rings. The summed E-state index contributed by atoms with van der Waals surface area (Å²) >= 11 is 0. The van der Waals surface area contributed by atoms with E-state index in [1.807, 2.05) is 0 Å². The van der Waals surface area contributed by atoms with Crippen molar-refractivity contribution in [1.82, 2.24) is 10.3 Å². The van der Waals surface area contributed by atoms with Gasteiger partial charge in [-0.15, -0.1) is 0 Å². The van der Waals surface area contributed by atoms with Gasteiger partial charge in [0.15, 0.2) is 5.82 Å². The lowest BCUT2D eigenvalue weighted by atomic mass is 10.2. The molecule has 0 atom stereocenters. The Morgan fingerprint density at radius 1 is 1.53 bits per heavy atom. The van der Waals surface area contributed by atoms with E-state index >= 15 is 0 Å². The maximum Gasteiger partial charge on any atom is 0.254 e. The number of hydrogen-bond donors (Lipinski definition) is 3. The van der Waals surface area contributed by atoms with Crippen molar-refractivity contribution in [3.8, 4) is 0 Å². The summed E-state index contributed by atoms with van der Waals surface area (Å²) in [6, 6.07) is 0.432. The monoisotopic (exact) mass is 214 g/mol. The summed E-state index contributed by atoms with van der Waals surface area (Å²) in [7, 11) is 0. The molecule has 0 bridgehead atoms. The molecule has 5 nitrogen and oxygen atoms in total. The molecule has 6 heteroatoms. The number of rotatable bonds is 4. The molecule has 0 saturated carbocycles. The van der Waals surface area contributed by atoms with Crippen molar-refractivity contribution in [1.29, 1.82) is 0 Å². The molecule has 1 rings (SSSR count). The molecule has 15 heavy (non-hydrogen) atoms. The molecule has 1 aromatic rings. The third kappa shape index (κ3) is 2.97. The van der Waals surface area contributed by atoms with Crippen LogP contribution in [-0.4, -0.2) is 40.4 Å². The highest BCUT2D eigenvalue weighted by atomic mass is 19.1. The SMILES string of the molecule is O=C(NC(CO)CO)c1ccncc1F. The van der Waals surface area contributed by atoms with Crippen molar-refractivity contribution in [2.24, 2.45) is 0 Å². The number of nitrogens with one attached hydrogen (secondary N) is 1. The summed E-state index contributed by atoms with van der Waals surface area (Å²) in [5.74, 6) is -1.44. The van der Waals surface area contributed by atoms with Gasteiger partial charge in [0.25, 0.3) is 5.91 Å². The third-order valence-corrected chi connectivity index (χ3v) is 1.79. The van der Waals surface area contributed by atoms with Crippen LogP contribution in [0.1, 0.15) is 10.4 Å². The topological polar surface area (TPSA) is 82.5 Å². The quantitative estimate of drug-likeness (QED) is 0.619. The van der Waals surface area contributed by atoms with Gasteiger partial charge >= 0.3 is 0 Å². The second-order valence-corrected chi connectivity index (χ2v) is 2.89. The number of halogens is 1. The lowest BCUT2D eigenvalue weighted by Gasteiger charge is -2.13. The zero-order valence-corrected chi connectivity index (χ0v) is 7.85. The van der Waals surface area contributed by atoms with Crippen LogP contribution in [0.25, 0.3) is 0 Å². The van der Waals surface area contributed by atoms with E-state index in [1.165, 1.54) is 12.3 Å². The number of pyridine rings is 1. The van der Waals surface area contributed by atoms with Crippen molar-refractivity contribution in [3.05, 3.63) is 29.8 Å². The Hall–Kier alpha value is -1.53. The number of nitrogens with zero attached hydrogens (tertiary/aromatic N) is 1. The van der Waals surface area contributed by atoms with Crippen LogP contribution in [-0.2, 0) is 0 Å². The summed E-state index contributed by atoms with van der Waals surface area (Å²) in [6.45, 7) is -0.816. The smallest absolute Gasteiger partial charge is 0.254 e. The molecule has 0 unspecified atom stereocenters. The highest BCUT2D eigenvalue weighted by Gasteiger charge is 2.15. The average Bonchev–Trinajstić information content (AvgIpc) is 2.26. The van der Waals surface area contributed by atoms with Crippen LogP contribution in [0.5, 0.6) is 0 Å². The molecule has 0 spiro atoms. The summed E-state index contributed by atoms with van der Waals surface area (Å²) in [5, 5.41) is 19.7. The Morgan fingerprint density at radius 3 is 2.73 bits per heavy atom. The predicted octanol–water partition coefficient (Wildman–Crippen LogP) is -0.696. The van der Waals surface area contributed by atoms with E-state index in [2.05, 4.69) is 10.3 Å². The minimum absolute atomic E-state index is 0.170. The summed E-state index contributed by atoms with van der Waals surface area (Å²) < 4.78 is 13.1. The van der Waals surface area contributed by atoms with Gasteiger partial charge in [-0.2, -0.15) is 0 Å². The van der Waals surface area contributed by atoms with Gasteiger partial charge in [-0.1, -0.05) is 0 Å². The fourth-order valence-corrected chi connectivity index (χ4v) is 0.972. The summed E-state index contributed by atoms with van der Waals surface area (Å²) in [6.07, 6.45) is 2.20.